The number of ether oxygens (including phenoxy) is 2. The predicted molar refractivity (Wildman–Crippen MR) is 311 cm³/mol. The number of esters is 2. The second-order valence-electron chi connectivity index (χ2n) is 22.2. The fourth-order valence-electron chi connectivity index (χ4n) is 10.1. The first-order valence-electron chi connectivity index (χ1n) is 32.4. The van der Waals surface area contributed by atoms with Gasteiger partial charge in [-0.2, -0.15) is 0 Å². The molecule has 71 heavy (non-hydrogen) atoms. The van der Waals surface area contributed by atoms with Gasteiger partial charge in [-0.1, -0.05) is 334 Å². The molecule has 0 saturated heterocycles. The van der Waals surface area contributed by atoms with Crippen LogP contribution in [0, 0.1) is 0 Å². The Morgan fingerprint density at radius 2 is 0.563 bits per heavy atom. The summed E-state index contributed by atoms with van der Waals surface area (Å²) in [4.78, 5) is 24.6. The van der Waals surface area contributed by atoms with Crippen LogP contribution in [-0.4, -0.2) is 36.4 Å². The normalized spacial score (nSPS) is 12.2. The van der Waals surface area contributed by atoms with E-state index in [9.17, 15) is 14.7 Å². The molecule has 0 amide bonds. The molecule has 0 rings (SSSR count). The molecule has 420 valence electrons. The molecule has 0 bridgehead atoms. The van der Waals surface area contributed by atoms with Gasteiger partial charge in [0.2, 0.25) is 0 Å². The largest absolute Gasteiger partial charge is 0.462 e. The maximum Gasteiger partial charge on any atom is 0.306 e. The van der Waals surface area contributed by atoms with E-state index in [-0.39, 0.29) is 25.2 Å². The third kappa shape index (κ3) is 60.8. The number of carbonyl (C=O) groups is 2. The number of aliphatic hydroxyl groups excluding tert-OH is 1. The molecule has 0 heterocycles. The average Bonchev–Trinajstić information content (AvgIpc) is 3.37. The Morgan fingerprint density at radius 3 is 0.831 bits per heavy atom. The Morgan fingerprint density at radius 1 is 0.324 bits per heavy atom. The van der Waals surface area contributed by atoms with Crippen molar-refractivity contribution in [3.8, 4) is 0 Å². The minimum atomic E-state index is -0.768. The number of rotatable bonds is 61. The molecule has 0 radical (unpaired) electrons. The summed E-state index contributed by atoms with van der Waals surface area (Å²) in [6.45, 7) is 4.20. The Bertz CT molecular complexity index is 1080. The summed E-state index contributed by atoms with van der Waals surface area (Å²) in [5, 5.41) is 9.68. The third-order valence-corrected chi connectivity index (χ3v) is 15.0. The molecule has 0 spiro atoms. The molecular formula is C66H126O5. The van der Waals surface area contributed by atoms with E-state index in [1.165, 1.54) is 302 Å². The predicted octanol–water partition coefficient (Wildman–Crippen LogP) is 22.0. The maximum atomic E-state index is 12.3. The van der Waals surface area contributed by atoms with Crippen molar-refractivity contribution in [3.63, 3.8) is 0 Å². The summed E-state index contributed by atoms with van der Waals surface area (Å²) in [6, 6.07) is 0. The minimum Gasteiger partial charge on any atom is -0.462 e. The van der Waals surface area contributed by atoms with Crippen LogP contribution >= 0.6 is 0 Å². The Labute approximate surface area is 444 Å². The van der Waals surface area contributed by atoms with E-state index in [1.807, 2.05) is 0 Å². The highest BCUT2D eigenvalue weighted by Crippen LogP contribution is 2.19. The summed E-state index contributed by atoms with van der Waals surface area (Å²) in [5.41, 5.74) is 0. The summed E-state index contributed by atoms with van der Waals surface area (Å²) >= 11 is 0. The first-order valence-corrected chi connectivity index (χ1v) is 32.4. The lowest BCUT2D eigenvalue weighted by molar-refractivity contribution is -0.161. The standard InChI is InChI=1S/C66H126O5/c1-3-5-7-9-11-13-15-17-19-21-23-25-27-29-31-33-35-37-39-41-43-45-47-49-51-53-55-57-59-61-66(69)71-64(62-67)63-70-65(68)60-58-56-54-52-50-48-46-44-42-40-38-36-34-32-30-28-26-24-22-20-18-16-14-12-10-8-6-4-2/h15,17,21,23,64,67H,3-14,16,18-20,22,24-63H2,1-2H3/b17-15-,23-21-. The van der Waals surface area contributed by atoms with Crippen LogP contribution in [0.4, 0.5) is 0 Å². The Hall–Kier alpha value is -1.62. The molecule has 1 N–H and O–H groups in total. The molecule has 0 aliphatic heterocycles. The zero-order chi connectivity index (χ0) is 51.3. The van der Waals surface area contributed by atoms with Crippen molar-refractivity contribution >= 4 is 11.9 Å². The minimum absolute atomic E-state index is 0.0583. The lowest BCUT2D eigenvalue weighted by Crippen LogP contribution is -2.28. The monoisotopic (exact) mass is 999 g/mol. The van der Waals surface area contributed by atoms with E-state index in [0.29, 0.717) is 12.8 Å². The highest BCUT2D eigenvalue weighted by molar-refractivity contribution is 5.70. The van der Waals surface area contributed by atoms with Gasteiger partial charge in [0.05, 0.1) is 6.61 Å². The number of allylic oxidation sites excluding steroid dienone is 4. The van der Waals surface area contributed by atoms with Crippen LogP contribution in [0.2, 0.25) is 0 Å². The van der Waals surface area contributed by atoms with Crippen LogP contribution in [0.5, 0.6) is 0 Å². The van der Waals surface area contributed by atoms with Gasteiger partial charge in [-0.15, -0.1) is 0 Å². The number of carbonyl (C=O) groups excluding carboxylic acids is 2. The van der Waals surface area contributed by atoms with E-state index in [4.69, 9.17) is 9.47 Å². The Kier molecular flexibility index (Phi) is 61.2. The molecule has 0 aromatic carbocycles. The van der Waals surface area contributed by atoms with E-state index in [2.05, 4.69) is 38.2 Å². The van der Waals surface area contributed by atoms with Crippen LogP contribution < -0.4 is 0 Å². The van der Waals surface area contributed by atoms with Crippen molar-refractivity contribution < 1.29 is 24.2 Å². The van der Waals surface area contributed by atoms with Gasteiger partial charge in [-0.3, -0.25) is 9.59 Å². The summed E-state index contributed by atoms with van der Waals surface area (Å²) in [5.74, 6) is -0.566. The van der Waals surface area contributed by atoms with Gasteiger partial charge in [0, 0.05) is 12.8 Å². The fourth-order valence-corrected chi connectivity index (χ4v) is 10.1. The lowest BCUT2D eigenvalue weighted by Gasteiger charge is -2.15. The summed E-state index contributed by atoms with van der Waals surface area (Å²) in [7, 11) is 0. The van der Waals surface area contributed by atoms with Crippen LogP contribution in [0.15, 0.2) is 24.3 Å². The van der Waals surface area contributed by atoms with Crippen molar-refractivity contribution in [1.82, 2.24) is 0 Å². The number of unbranched alkanes of at least 4 members (excludes halogenated alkanes) is 49. The number of hydrogen-bond acceptors (Lipinski definition) is 5. The van der Waals surface area contributed by atoms with Crippen LogP contribution in [0.1, 0.15) is 367 Å². The zero-order valence-electron chi connectivity index (χ0n) is 48.3. The lowest BCUT2D eigenvalue weighted by atomic mass is 10.0. The third-order valence-electron chi connectivity index (χ3n) is 15.0. The fraction of sp³-hybridized carbons (Fsp3) is 0.909. The topological polar surface area (TPSA) is 72.8 Å². The molecule has 0 aliphatic rings. The van der Waals surface area contributed by atoms with Crippen LogP contribution in [-0.2, 0) is 19.1 Å². The highest BCUT2D eigenvalue weighted by atomic mass is 16.6. The number of aliphatic hydroxyl groups is 1. The SMILES string of the molecule is CCCCCCC/C=C\C/C=C\CCCCCCCCCCCCCCCCCCCC(=O)OC(CO)COC(=O)CCCCCCCCCCCCCCCCCCCCCCCCCCCCCC. The summed E-state index contributed by atoms with van der Waals surface area (Å²) < 4.78 is 10.8. The van der Waals surface area contributed by atoms with E-state index >= 15 is 0 Å². The van der Waals surface area contributed by atoms with Crippen LogP contribution in [0.3, 0.4) is 0 Å². The molecule has 0 aromatic heterocycles. The van der Waals surface area contributed by atoms with Gasteiger partial charge in [-0.25, -0.2) is 0 Å². The van der Waals surface area contributed by atoms with Crippen molar-refractivity contribution in [2.75, 3.05) is 13.2 Å². The molecule has 0 aliphatic carbocycles. The number of hydrogen-bond donors (Lipinski definition) is 1. The first kappa shape index (κ1) is 69.4. The maximum absolute atomic E-state index is 12.3. The summed E-state index contributed by atoms with van der Waals surface area (Å²) in [6.07, 6.45) is 80.5. The van der Waals surface area contributed by atoms with Gasteiger partial charge >= 0.3 is 11.9 Å². The van der Waals surface area contributed by atoms with E-state index < -0.39 is 6.10 Å². The molecule has 5 nitrogen and oxygen atoms in total. The molecule has 1 atom stereocenters. The Balaban J connectivity index is 3.39. The molecule has 0 saturated carbocycles. The smallest absolute Gasteiger partial charge is 0.306 e. The molecule has 0 aromatic rings. The van der Waals surface area contributed by atoms with Crippen molar-refractivity contribution in [2.45, 2.75) is 373 Å². The van der Waals surface area contributed by atoms with Gasteiger partial charge < -0.3 is 14.6 Å². The van der Waals surface area contributed by atoms with Gasteiger partial charge in [-0.05, 0) is 44.9 Å². The van der Waals surface area contributed by atoms with Gasteiger partial charge in [0.1, 0.15) is 6.61 Å². The van der Waals surface area contributed by atoms with Gasteiger partial charge in [0.25, 0.3) is 0 Å². The molecule has 5 heteroatoms. The highest BCUT2D eigenvalue weighted by Gasteiger charge is 2.16. The second kappa shape index (κ2) is 62.7. The van der Waals surface area contributed by atoms with Crippen LogP contribution in [0.25, 0.3) is 0 Å². The van der Waals surface area contributed by atoms with Gasteiger partial charge in [0.15, 0.2) is 6.10 Å². The molecule has 1 unspecified atom stereocenters. The quantitative estimate of drug-likeness (QED) is 0.0373. The van der Waals surface area contributed by atoms with E-state index in [0.717, 1.165) is 38.5 Å². The van der Waals surface area contributed by atoms with E-state index in [1.54, 1.807) is 0 Å². The molecule has 0 fully saturated rings. The average molecular weight is 1000 g/mol. The van der Waals surface area contributed by atoms with Crippen molar-refractivity contribution in [3.05, 3.63) is 24.3 Å². The van der Waals surface area contributed by atoms with Crippen molar-refractivity contribution in [2.24, 2.45) is 0 Å². The molecular weight excluding hydrogens is 873 g/mol. The van der Waals surface area contributed by atoms with Crippen molar-refractivity contribution in [1.29, 1.82) is 0 Å². The zero-order valence-corrected chi connectivity index (χ0v) is 48.3. The first-order chi connectivity index (χ1) is 35.1. The second-order valence-corrected chi connectivity index (χ2v) is 22.2.